The molecule has 5 rings (SSSR count). The van der Waals surface area contributed by atoms with E-state index in [-0.39, 0.29) is 28.7 Å². The highest BCUT2D eigenvalue weighted by Gasteiger charge is 2.42. The summed E-state index contributed by atoms with van der Waals surface area (Å²) >= 11 is 1.48. The standard InChI is InChI=1S/C24H25N3O3S2/c1-16-7-8-19(13-20(16)25-24-26-21-14-32(29,30)15-22(21)31-24)23(28)27-11-9-18(10-12-27)17-5-3-2-4-6-17/h2-9,13,21-22H,10-12,14-15H2,1H3,(H,25,26)/t21-,22+/m1/s1. The van der Waals surface area contributed by atoms with Gasteiger partial charge < -0.3 is 10.2 Å². The Kier molecular flexibility index (Phi) is 5.59. The maximum atomic E-state index is 13.1. The molecule has 32 heavy (non-hydrogen) atoms. The Balaban J connectivity index is 1.28. The predicted molar refractivity (Wildman–Crippen MR) is 131 cm³/mol. The van der Waals surface area contributed by atoms with Gasteiger partial charge in [0, 0.05) is 29.6 Å². The first-order valence-corrected chi connectivity index (χ1v) is 13.4. The van der Waals surface area contributed by atoms with Crippen molar-refractivity contribution in [1.29, 1.82) is 0 Å². The molecule has 3 aliphatic heterocycles. The predicted octanol–water partition coefficient (Wildman–Crippen LogP) is 3.60. The Morgan fingerprint density at radius 1 is 1.16 bits per heavy atom. The summed E-state index contributed by atoms with van der Waals surface area (Å²) in [6.07, 6.45) is 2.98. The van der Waals surface area contributed by atoms with Crippen LogP contribution in [0.15, 0.2) is 59.6 Å². The minimum absolute atomic E-state index is 0.00781. The molecule has 2 aromatic rings. The lowest BCUT2D eigenvalue weighted by atomic mass is 9.99. The van der Waals surface area contributed by atoms with Gasteiger partial charge in [0.15, 0.2) is 15.0 Å². The van der Waals surface area contributed by atoms with E-state index in [0.29, 0.717) is 18.7 Å². The number of carbonyl (C=O) groups is 1. The third-order valence-corrected chi connectivity index (χ3v) is 9.33. The number of amidine groups is 1. The molecule has 0 unspecified atom stereocenters. The fourth-order valence-corrected chi connectivity index (χ4v) is 8.04. The van der Waals surface area contributed by atoms with Crippen molar-refractivity contribution >= 4 is 43.9 Å². The van der Waals surface area contributed by atoms with Gasteiger partial charge in [-0.15, -0.1) is 0 Å². The average molecular weight is 468 g/mol. The quantitative estimate of drug-likeness (QED) is 0.746. The van der Waals surface area contributed by atoms with Gasteiger partial charge in [-0.05, 0) is 42.2 Å². The Labute approximate surface area is 192 Å². The minimum Gasteiger partial charge on any atom is -0.335 e. The molecule has 0 radical (unpaired) electrons. The molecule has 1 fully saturated rings. The lowest BCUT2D eigenvalue weighted by Crippen LogP contribution is -2.34. The van der Waals surface area contributed by atoms with Crippen LogP contribution in [-0.2, 0) is 9.84 Å². The van der Waals surface area contributed by atoms with Crippen LogP contribution in [0, 0.1) is 6.92 Å². The highest BCUT2D eigenvalue weighted by molar-refractivity contribution is 8.15. The number of amides is 1. The fourth-order valence-electron chi connectivity index (χ4n) is 4.37. The van der Waals surface area contributed by atoms with Crippen LogP contribution in [0.4, 0.5) is 5.69 Å². The van der Waals surface area contributed by atoms with E-state index in [4.69, 9.17) is 0 Å². The molecule has 1 amide bonds. The second-order valence-corrected chi connectivity index (χ2v) is 11.9. The highest BCUT2D eigenvalue weighted by Crippen LogP contribution is 2.35. The van der Waals surface area contributed by atoms with Crippen LogP contribution >= 0.6 is 11.8 Å². The number of rotatable bonds is 3. The monoisotopic (exact) mass is 467 g/mol. The minimum atomic E-state index is -2.97. The van der Waals surface area contributed by atoms with Crippen LogP contribution in [0.2, 0.25) is 0 Å². The summed E-state index contributed by atoms with van der Waals surface area (Å²) in [6, 6.07) is 15.8. The van der Waals surface area contributed by atoms with Crippen molar-refractivity contribution in [3.05, 3.63) is 71.3 Å². The Hall–Kier alpha value is -2.58. The SMILES string of the molecule is Cc1ccc(C(=O)N2CC=C(c3ccccc3)CC2)cc1NC1=N[C@@H]2CS(=O)(=O)C[C@@H]2S1. The molecule has 0 bridgehead atoms. The van der Waals surface area contributed by atoms with Crippen molar-refractivity contribution < 1.29 is 13.2 Å². The summed E-state index contributed by atoms with van der Waals surface area (Å²) in [4.78, 5) is 19.6. The number of carbonyl (C=O) groups excluding carboxylic acids is 1. The molecule has 2 aromatic carbocycles. The Morgan fingerprint density at radius 3 is 2.69 bits per heavy atom. The van der Waals surface area contributed by atoms with Gasteiger partial charge in [0.25, 0.3) is 5.91 Å². The molecule has 1 N–H and O–H groups in total. The number of aryl methyl sites for hydroxylation is 1. The molecule has 0 spiro atoms. The number of nitrogens with one attached hydrogen (secondary N) is 1. The van der Waals surface area contributed by atoms with Gasteiger partial charge in [-0.1, -0.05) is 54.2 Å². The lowest BCUT2D eigenvalue weighted by Gasteiger charge is -2.27. The number of aliphatic imine (C=N–C) groups is 1. The number of hydrogen-bond acceptors (Lipinski definition) is 6. The molecule has 3 heterocycles. The summed E-state index contributed by atoms with van der Waals surface area (Å²) in [5.41, 5.74) is 4.99. The smallest absolute Gasteiger partial charge is 0.254 e. The zero-order valence-corrected chi connectivity index (χ0v) is 19.5. The summed E-state index contributed by atoms with van der Waals surface area (Å²) in [5.74, 6) is 0.323. The van der Waals surface area contributed by atoms with E-state index in [1.54, 1.807) is 0 Å². The maximum absolute atomic E-state index is 13.1. The van der Waals surface area contributed by atoms with Crippen molar-refractivity contribution in [2.24, 2.45) is 4.99 Å². The molecule has 2 atom stereocenters. The van der Waals surface area contributed by atoms with E-state index in [1.807, 2.05) is 48.2 Å². The van der Waals surface area contributed by atoms with Gasteiger partial charge in [-0.25, -0.2) is 8.42 Å². The van der Waals surface area contributed by atoms with Crippen molar-refractivity contribution in [3.8, 4) is 0 Å². The van der Waals surface area contributed by atoms with Crippen molar-refractivity contribution in [2.75, 3.05) is 29.9 Å². The molecular formula is C24H25N3O3S2. The third kappa shape index (κ3) is 4.34. The highest BCUT2D eigenvalue weighted by atomic mass is 32.2. The number of fused-ring (bicyclic) bond motifs is 1. The fraction of sp³-hybridized carbons (Fsp3) is 0.333. The largest absolute Gasteiger partial charge is 0.335 e. The molecule has 166 valence electrons. The molecule has 0 saturated carbocycles. The van der Waals surface area contributed by atoms with Gasteiger partial charge in [-0.3, -0.25) is 9.79 Å². The van der Waals surface area contributed by atoms with E-state index < -0.39 is 9.84 Å². The molecule has 6 nitrogen and oxygen atoms in total. The first kappa shape index (κ1) is 21.3. The molecule has 0 aromatic heterocycles. The Morgan fingerprint density at radius 2 is 1.97 bits per heavy atom. The van der Waals surface area contributed by atoms with Crippen LogP contribution in [0.25, 0.3) is 5.57 Å². The van der Waals surface area contributed by atoms with Crippen LogP contribution in [0.3, 0.4) is 0 Å². The summed E-state index contributed by atoms with van der Waals surface area (Å²) in [6.45, 7) is 3.27. The van der Waals surface area contributed by atoms with Crippen molar-refractivity contribution in [1.82, 2.24) is 4.90 Å². The number of anilines is 1. The van der Waals surface area contributed by atoms with Crippen LogP contribution in [-0.4, -0.2) is 60.3 Å². The van der Waals surface area contributed by atoms with E-state index in [1.165, 1.54) is 22.9 Å². The second kappa shape index (κ2) is 8.41. The third-order valence-electron chi connectivity index (χ3n) is 6.19. The lowest BCUT2D eigenvalue weighted by molar-refractivity contribution is 0.0773. The summed E-state index contributed by atoms with van der Waals surface area (Å²) in [5, 5.41) is 4.05. The zero-order valence-electron chi connectivity index (χ0n) is 17.8. The van der Waals surface area contributed by atoms with Crippen LogP contribution < -0.4 is 5.32 Å². The number of nitrogens with zero attached hydrogens (tertiary/aromatic N) is 2. The van der Waals surface area contributed by atoms with Crippen LogP contribution in [0.1, 0.15) is 27.9 Å². The zero-order chi connectivity index (χ0) is 22.3. The molecule has 1 saturated heterocycles. The first-order chi connectivity index (χ1) is 15.4. The molecular weight excluding hydrogens is 442 g/mol. The second-order valence-electron chi connectivity index (χ2n) is 8.49. The number of benzene rings is 2. The van der Waals surface area contributed by atoms with Gasteiger partial charge in [0.1, 0.15) is 0 Å². The van der Waals surface area contributed by atoms with Gasteiger partial charge in [0.05, 0.1) is 17.5 Å². The average Bonchev–Trinajstić information content (AvgIpc) is 3.28. The van der Waals surface area contributed by atoms with Crippen molar-refractivity contribution in [3.63, 3.8) is 0 Å². The van der Waals surface area contributed by atoms with Gasteiger partial charge in [-0.2, -0.15) is 0 Å². The normalized spacial score (nSPS) is 24.0. The molecule has 0 aliphatic carbocycles. The number of thioether (sulfide) groups is 1. The van der Waals surface area contributed by atoms with Gasteiger partial charge in [0.2, 0.25) is 0 Å². The van der Waals surface area contributed by atoms with E-state index in [0.717, 1.165) is 22.8 Å². The number of hydrogen-bond donors (Lipinski definition) is 1. The van der Waals surface area contributed by atoms with E-state index in [9.17, 15) is 13.2 Å². The van der Waals surface area contributed by atoms with Crippen molar-refractivity contribution in [2.45, 2.75) is 24.6 Å². The maximum Gasteiger partial charge on any atom is 0.254 e. The first-order valence-electron chi connectivity index (χ1n) is 10.7. The topological polar surface area (TPSA) is 78.8 Å². The van der Waals surface area contributed by atoms with E-state index >= 15 is 0 Å². The molecule has 8 heteroatoms. The number of sulfone groups is 1. The van der Waals surface area contributed by atoms with Gasteiger partial charge >= 0.3 is 0 Å². The van der Waals surface area contributed by atoms with Crippen LogP contribution in [0.5, 0.6) is 0 Å². The van der Waals surface area contributed by atoms with E-state index in [2.05, 4.69) is 28.5 Å². The summed E-state index contributed by atoms with van der Waals surface area (Å²) in [7, 11) is -2.97. The Bertz CT molecular complexity index is 1220. The molecule has 3 aliphatic rings. The summed E-state index contributed by atoms with van der Waals surface area (Å²) < 4.78 is 23.6.